The highest BCUT2D eigenvalue weighted by Crippen LogP contribution is 2.14. The van der Waals surface area contributed by atoms with Crippen LogP contribution >= 0.6 is 0 Å². The van der Waals surface area contributed by atoms with Crippen molar-refractivity contribution in [2.45, 2.75) is 25.4 Å². The summed E-state index contributed by atoms with van der Waals surface area (Å²) in [5.41, 5.74) is 1.32. The van der Waals surface area contributed by atoms with Gasteiger partial charge in [0, 0.05) is 13.1 Å². The van der Waals surface area contributed by atoms with Crippen molar-refractivity contribution in [2.75, 3.05) is 26.7 Å². The summed E-state index contributed by atoms with van der Waals surface area (Å²) in [6.45, 7) is 2.98. The van der Waals surface area contributed by atoms with Crippen LogP contribution in [0, 0.1) is 0 Å². The van der Waals surface area contributed by atoms with Crippen molar-refractivity contribution in [1.29, 1.82) is 0 Å². The molecular formula is C14H21NO2. The molecule has 1 atom stereocenters. The van der Waals surface area contributed by atoms with Gasteiger partial charge in [-0.2, -0.15) is 0 Å². The number of ether oxygens (including phenoxy) is 1. The van der Waals surface area contributed by atoms with E-state index >= 15 is 0 Å². The minimum Gasteiger partial charge on any atom is -0.497 e. The molecule has 0 aromatic heterocycles. The summed E-state index contributed by atoms with van der Waals surface area (Å²) in [5.74, 6) is 0.905. The molecule has 1 N–H and O–H groups in total. The Labute approximate surface area is 103 Å². The Bertz CT molecular complexity index is 337. The second kappa shape index (κ2) is 6.03. The summed E-state index contributed by atoms with van der Waals surface area (Å²) < 4.78 is 5.13. The van der Waals surface area contributed by atoms with Crippen molar-refractivity contribution in [3.05, 3.63) is 29.8 Å². The highest BCUT2D eigenvalue weighted by atomic mass is 16.5. The first-order chi connectivity index (χ1) is 8.28. The van der Waals surface area contributed by atoms with Gasteiger partial charge in [0.05, 0.1) is 13.2 Å². The van der Waals surface area contributed by atoms with E-state index in [-0.39, 0.29) is 6.10 Å². The van der Waals surface area contributed by atoms with Gasteiger partial charge in [-0.05, 0) is 43.5 Å². The molecule has 3 heteroatoms. The molecule has 0 bridgehead atoms. The second-order valence-corrected chi connectivity index (χ2v) is 4.69. The molecule has 3 nitrogen and oxygen atoms in total. The summed E-state index contributed by atoms with van der Waals surface area (Å²) in [6, 6.07) is 8.22. The molecule has 0 spiro atoms. The number of aliphatic hydroxyl groups excluding tert-OH is 1. The van der Waals surface area contributed by atoms with Gasteiger partial charge < -0.3 is 14.7 Å². The van der Waals surface area contributed by atoms with Crippen LogP contribution < -0.4 is 4.74 Å². The Morgan fingerprint density at radius 2 is 2.12 bits per heavy atom. The van der Waals surface area contributed by atoms with Gasteiger partial charge in [-0.1, -0.05) is 12.1 Å². The Balaban J connectivity index is 1.80. The fourth-order valence-electron chi connectivity index (χ4n) is 2.31. The first-order valence-electron chi connectivity index (χ1n) is 6.31. The number of likely N-dealkylation sites (tertiary alicyclic amines) is 1. The standard InChI is InChI=1S/C14H21NO2/c1-17-14-6-4-12(5-7-14)8-10-15-9-2-3-13(16)11-15/h4-7,13,16H,2-3,8-11H2,1H3/t13-/m1/s1. The first kappa shape index (κ1) is 12.4. The SMILES string of the molecule is COc1ccc(CCN2CCC[C@@H](O)C2)cc1. The highest BCUT2D eigenvalue weighted by molar-refractivity contribution is 5.27. The van der Waals surface area contributed by atoms with Crippen LogP contribution in [0.15, 0.2) is 24.3 Å². The summed E-state index contributed by atoms with van der Waals surface area (Å²) >= 11 is 0. The predicted molar refractivity (Wildman–Crippen MR) is 68.4 cm³/mol. The maximum atomic E-state index is 9.59. The Morgan fingerprint density at radius 1 is 1.35 bits per heavy atom. The molecule has 0 aliphatic carbocycles. The van der Waals surface area contributed by atoms with Crippen LogP contribution in [0.25, 0.3) is 0 Å². The van der Waals surface area contributed by atoms with E-state index < -0.39 is 0 Å². The van der Waals surface area contributed by atoms with Crippen LogP contribution in [-0.2, 0) is 6.42 Å². The summed E-state index contributed by atoms with van der Waals surface area (Å²) in [6.07, 6.45) is 2.99. The topological polar surface area (TPSA) is 32.7 Å². The van der Waals surface area contributed by atoms with Gasteiger partial charge in [-0.3, -0.25) is 0 Å². The lowest BCUT2D eigenvalue weighted by Gasteiger charge is -2.29. The van der Waals surface area contributed by atoms with Crippen LogP contribution in [0.5, 0.6) is 5.75 Å². The zero-order chi connectivity index (χ0) is 12.1. The maximum absolute atomic E-state index is 9.59. The monoisotopic (exact) mass is 235 g/mol. The molecular weight excluding hydrogens is 214 g/mol. The first-order valence-corrected chi connectivity index (χ1v) is 6.31. The van der Waals surface area contributed by atoms with Crippen LogP contribution in [0.2, 0.25) is 0 Å². The van der Waals surface area contributed by atoms with E-state index in [1.54, 1.807) is 7.11 Å². The molecule has 0 saturated carbocycles. The maximum Gasteiger partial charge on any atom is 0.118 e. The lowest BCUT2D eigenvalue weighted by atomic mass is 10.1. The number of aliphatic hydroxyl groups is 1. The summed E-state index contributed by atoms with van der Waals surface area (Å²) in [4.78, 5) is 2.35. The van der Waals surface area contributed by atoms with Gasteiger partial charge in [0.2, 0.25) is 0 Å². The number of nitrogens with zero attached hydrogens (tertiary/aromatic N) is 1. The largest absolute Gasteiger partial charge is 0.497 e. The van der Waals surface area contributed by atoms with E-state index in [1.165, 1.54) is 5.56 Å². The fourth-order valence-corrected chi connectivity index (χ4v) is 2.31. The Hall–Kier alpha value is -1.06. The molecule has 17 heavy (non-hydrogen) atoms. The predicted octanol–water partition coefficient (Wildman–Crippen LogP) is 1.69. The molecule has 1 aliphatic rings. The van der Waals surface area contributed by atoms with E-state index in [1.807, 2.05) is 12.1 Å². The third-order valence-corrected chi connectivity index (χ3v) is 3.36. The van der Waals surface area contributed by atoms with Gasteiger partial charge >= 0.3 is 0 Å². The van der Waals surface area contributed by atoms with Gasteiger partial charge in [0.25, 0.3) is 0 Å². The third kappa shape index (κ3) is 3.72. The van der Waals surface area contributed by atoms with Crippen molar-refractivity contribution in [2.24, 2.45) is 0 Å². The molecule has 1 aliphatic heterocycles. The minimum atomic E-state index is -0.125. The van der Waals surface area contributed by atoms with E-state index in [9.17, 15) is 5.11 Å². The van der Waals surface area contributed by atoms with Crippen molar-refractivity contribution in [3.8, 4) is 5.75 Å². The third-order valence-electron chi connectivity index (χ3n) is 3.36. The van der Waals surface area contributed by atoms with Crippen LogP contribution in [0.1, 0.15) is 18.4 Å². The van der Waals surface area contributed by atoms with Crippen LogP contribution in [0.3, 0.4) is 0 Å². The van der Waals surface area contributed by atoms with Crippen LogP contribution in [-0.4, -0.2) is 42.9 Å². The van der Waals surface area contributed by atoms with Gasteiger partial charge in [-0.25, -0.2) is 0 Å². The molecule has 1 heterocycles. The zero-order valence-electron chi connectivity index (χ0n) is 10.4. The Kier molecular flexibility index (Phi) is 4.40. The van der Waals surface area contributed by atoms with Crippen molar-refractivity contribution in [1.82, 2.24) is 4.90 Å². The molecule has 2 rings (SSSR count). The van der Waals surface area contributed by atoms with E-state index in [2.05, 4.69) is 17.0 Å². The lowest BCUT2D eigenvalue weighted by Crippen LogP contribution is -2.39. The average Bonchev–Trinajstić information content (AvgIpc) is 2.37. The van der Waals surface area contributed by atoms with Gasteiger partial charge in [0.1, 0.15) is 5.75 Å². The second-order valence-electron chi connectivity index (χ2n) is 4.69. The molecule has 1 aromatic rings. The molecule has 94 valence electrons. The number of hydrogen-bond donors (Lipinski definition) is 1. The number of β-amino-alcohol motifs (C(OH)–C–C–N with tert-alkyl or cyclic N) is 1. The van der Waals surface area contributed by atoms with Gasteiger partial charge in [0.15, 0.2) is 0 Å². The minimum absolute atomic E-state index is 0.125. The quantitative estimate of drug-likeness (QED) is 0.862. The number of methoxy groups -OCH3 is 1. The van der Waals surface area contributed by atoms with Gasteiger partial charge in [-0.15, -0.1) is 0 Å². The van der Waals surface area contributed by atoms with E-state index in [0.29, 0.717) is 0 Å². The summed E-state index contributed by atoms with van der Waals surface area (Å²) in [5, 5.41) is 9.59. The van der Waals surface area contributed by atoms with Crippen LogP contribution in [0.4, 0.5) is 0 Å². The fraction of sp³-hybridized carbons (Fsp3) is 0.571. The number of rotatable bonds is 4. The molecule has 1 aromatic carbocycles. The van der Waals surface area contributed by atoms with Crippen molar-refractivity contribution >= 4 is 0 Å². The number of piperidine rings is 1. The molecule has 0 radical (unpaired) electrons. The molecule has 0 amide bonds. The van der Waals surface area contributed by atoms with E-state index in [4.69, 9.17) is 4.74 Å². The molecule has 1 fully saturated rings. The highest BCUT2D eigenvalue weighted by Gasteiger charge is 2.16. The van der Waals surface area contributed by atoms with Crippen molar-refractivity contribution in [3.63, 3.8) is 0 Å². The van der Waals surface area contributed by atoms with E-state index in [0.717, 1.165) is 44.6 Å². The number of benzene rings is 1. The Morgan fingerprint density at radius 3 is 2.76 bits per heavy atom. The van der Waals surface area contributed by atoms with Crippen molar-refractivity contribution < 1.29 is 9.84 Å². The average molecular weight is 235 g/mol. The number of hydrogen-bond acceptors (Lipinski definition) is 3. The molecule has 1 saturated heterocycles. The zero-order valence-corrected chi connectivity index (χ0v) is 10.4. The smallest absolute Gasteiger partial charge is 0.118 e. The lowest BCUT2D eigenvalue weighted by molar-refractivity contribution is 0.0714. The summed E-state index contributed by atoms with van der Waals surface area (Å²) in [7, 11) is 1.68. The molecule has 0 unspecified atom stereocenters. The normalized spacial score (nSPS) is 21.4.